The monoisotopic (exact) mass is 432 g/mol. The largest absolute Gasteiger partial charge is 0.0836 e. The van der Waals surface area contributed by atoms with Gasteiger partial charge in [-0.1, -0.05) is 121 Å². The zero-order chi connectivity index (χ0) is 22.5. The highest BCUT2D eigenvalue weighted by Gasteiger charge is 2.20. The Labute approximate surface area is 199 Å². The molecular weight excluding hydrogens is 408 g/mol. The minimum Gasteiger partial charge on any atom is -0.0836 e. The van der Waals surface area contributed by atoms with E-state index in [9.17, 15) is 0 Å². The summed E-state index contributed by atoms with van der Waals surface area (Å²) in [5, 5.41) is 10.6. The summed E-state index contributed by atoms with van der Waals surface area (Å²) < 4.78 is 0. The Kier molecular flexibility index (Phi) is 4.38. The lowest BCUT2D eigenvalue weighted by atomic mass is 9.81. The summed E-state index contributed by atoms with van der Waals surface area (Å²) >= 11 is 0. The predicted octanol–water partition coefficient (Wildman–Crippen LogP) is 9.57. The van der Waals surface area contributed by atoms with Crippen molar-refractivity contribution >= 4 is 43.1 Å². The van der Waals surface area contributed by atoms with E-state index in [0.29, 0.717) is 5.92 Å². The van der Waals surface area contributed by atoms with Gasteiger partial charge >= 0.3 is 0 Å². The Hall–Kier alpha value is -4.16. The Bertz CT molecular complexity index is 1720. The topological polar surface area (TPSA) is 0 Å². The van der Waals surface area contributed by atoms with Crippen molar-refractivity contribution in [1.82, 2.24) is 0 Å². The molecule has 0 heteroatoms. The van der Waals surface area contributed by atoms with E-state index in [1.165, 1.54) is 59.8 Å². The highest BCUT2D eigenvalue weighted by molar-refractivity contribution is 6.17. The summed E-state index contributed by atoms with van der Waals surface area (Å²) in [4.78, 5) is 0. The van der Waals surface area contributed by atoms with Crippen LogP contribution in [0.1, 0.15) is 17.9 Å². The van der Waals surface area contributed by atoms with Gasteiger partial charge < -0.3 is 0 Å². The lowest BCUT2D eigenvalue weighted by molar-refractivity contribution is 0.870. The number of allylic oxidation sites excluding steroid dienone is 4. The van der Waals surface area contributed by atoms with Crippen LogP contribution in [0.25, 0.3) is 54.2 Å². The molecule has 1 aliphatic rings. The van der Waals surface area contributed by atoms with Crippen LogP contribution >= 0.6 is 0 Å². The molecule has 160 valence electrons. The average molecular weight is 433 g/mol. The SMILES string of the molecule is C1=CCC(c2c3ccccc3c(-c3ccc4c(ccc5ccccc54)c3)c3ccccc23)C=C1. The van der Waals surface area contributed by atoms with E-state index in [1.807, 2.05) is 0 Å². The van der Waals surface area contributed by atoms with Crippen LogP contribution in [0.3, 0.4) is 0 Å². The Morgan fingerprint density at radius 3 is 1.82 bits per heavy atom. The van der Waals surface area contributed by atoms with Crippen molar-refractivity contribution in [2.24, 2.45) is 0 Å². The maximum absolute atomic E-state index is 2.37. The summed E-state index contributed by atoms with van der Waals surface area (Å²) in [6.45, 7) is 0. The Balaban J connectivity index is 1.56. The fourth-order valence-electron chi connectivity index (χ4n) is 5.84. The van der Waals surface area contributed by atoms with Crippen LogP contribution in [0.4, 0.5) is 0 Å². The summed E-state index contributed by atoms with van der Waals surface area (Å²) in [5.41, 5.74) is 4.06. The number of fused-ring (bicyclic) bond motifs is 5. The first kappa shape index (κ1) is 19.3. The molecule has 6 aromatic rings. The van der Waals surface area contributed by atoms with E-state index in [4.69, 9.17) is 0 Å². The molecule has 0 spiro atoms. The van der Waals surface area contributed by atoms with Gasteiger partial charge in [0, 0.05) is 5.92 Å². The van der Waals surface area contributed by atoms with Gasteiger partial charge in [-0.25, -0.2) is 0 Å². The molecule has 0 saturated carbocycles. The molecule has 0 N–H and O–H groups in total. The third-order valence-corrected chi connectivity index (χ3v) is 7.36. The maximum Gasteiger partial charge on any atom is 0.00680 e. The van der Waals surface area contributed by atoms with Crippen LogP contribution in [0.5, 0.6) is 0 Å². The second kappa shape index (κ2) is 7.71. The molecule has 7 rings (SSSR count). The van der Waals surface area contributed by atoms with Gasteiger partial charge in [0.2, 0.25) is 0 Å². The number of hydrogen-bond acceptors (Lipinski definition) is 0. The summed E-state index contributed by atoms with van der Waals surface area (Å²) in [6, 6.07) is 38.1. The van der Waals surface area contributed by atoms with Gasteiger partial charge in [-0.2, -0.15) is 0 Å². The standard InChI is InChI=1S/C34H24/c1-2-11-24(12-3-1)33-29-14-6-8-16-31(29)34(32-17-9-7-15-30(32)33)26-20-21-28-25(22-26)19-18-23-10-4-5-13-27(23)28/h1-11,13-22,24H,12H2. The van der Waals surface area contributed by atoms with Crippen LogP contribution < -0.4 is 0 Å². The summed E-state index contributed by atoms with van der Waals surface area (Å²) in [7, 11) is 0. The van der Waals surface area contributed by atoms with E-state index in [1.54, 1.807) is 0 Å². The van der Waals surface area contributed by atoms with Crippen LogP contribution in [0.15, 0.2) is 127 Å². The van der Waals surface area contributed by atoms with Gasteiger partial charge in [-0.05, 0) is 72.3 Å². The zero-order valence-electron chi connectivity index (χ0n) is 18.9. The van der Waals surface area contributed by atoms with Gasteiger partial charge in [0.05, 0.1) is 0 Å². The number of hydrogen-bond donors (Lipinski definition) is 0. The second-order valence-corrected chi connectivity index (χ2v) is 9.26. The van der Waals surface area contributed by atoms with E-state index in [-0.39, 0.29) is 0 Å². The van der Waals surface area contributed by atoms with E-state index in [2.05, 4.69) is 127 Å². The fraction of sp³-hybridized carbons (Fsp3) is 0.0588. The van der Waals surface area contributed by atoms with Gasteiger partial charge in [0.1, 0.15) is 0 Å². The average Bonchev–Trinajstić information content (AvgIpc) is 2.91. The molecule has 0 aliphatic heterocycles. The van der Waals surface area contributed by atoms with Gasteiger partial charge in [-0.15, -0.1) is 0 Å². The normalized spacial score (nSPS) is 15.6. The quantitative estimate of drug-likeness (QED) is 0.189. The van der Waals surface area contributed by atoms with E-state index in [0.717, 1.165) is 6.42 Å². The fourth-order valence-corrected chi connectivity index (χ4v) is 5.84. The van der Waals surface area contributed by atoms with Crippen molar-refractivity contribution in [3.63, 3.8) is 0 Å². The molecule has 1 aliphatic carbocycles. The lowest BCUT2D eigenvalue weighted by Crippen LogP contribution is -2.00. The van der Waals surface area contributed by atoms with Gasteiger partial charge in [0.25, 0.3) is 0 Å². The molecule has 0 heterocycles. The highest BCUT2D eigenvalue weighted by atomic mass is 14.2. The first-order valence-corrected chi connectivity index (χ1v) is 12.1. The van der Waals surface area contributed by atoms with Gasteiger partial charge in [-0.3, -0.25) is 0 Å². The smallest absolute Gasteiger partial charge is 0.00680 e. The summed E-state index contributed by atoms with van der Waals surface area (Å²) in [5.74, 6) is 0.400. The number of benzene rings is 6. The Morgan fingerprint density at radius 1 is 0.500 bits per heavy atom. The third-order valence-electron chi connectivity index (χ3n) is 7.36. The number of rotatable bonds is 2. The van der Waals surface area contributed by atoms with Crippen LogP contribution in [0.2, 0.25) is 0 Å². The molecular formula is C34H24. The molecule has 0 amide bonds. The Morgan fingerprint density at radius 2 is 1.12 bits per heavy atom. The first-order valence-electron chi connectivity index (χ1n) is 12.1. The van der Waals surface area contributed by atoms with Crippen LogP contribution in [-0.2, 0) is 0 Å². The minimum atomic E-state index is 0.400. The predicted molar refractivity (Wildman–Crippen MR) is 148 cm³/mol. The molecule has 0 saturated heterocycles. The van der Waals surface area contributed by atoms with Crippen molar-refractivity contribution in [2.75, 3.05) is 0 Å². The highest BCUT2D eigenvalue weighted by Crippen LogP contribution is 2.44. The van der Waals surface area contributed by atoms with Crippen LogP contribution in [-0.4, -0.2) is 0 Å². The molecule has 0 fully saturated rings. The van der Waals surface area contributed by atoms with E-state index >= 15 is 0 Å². The second-order valence-electron chi connectivity index (χ2n) is 9.26. The molecule has 0 nitrogen and oxygen atoms in total. The van der Waals surface area contributed by atoms with Crippen LogP contribution in [0, 0.1) is 0 Å². The van der Waals surface area contributed by atoms with Crippen molar-refractivity contribution in [1.29, 1.82) is 0 Å². The molecule has 0 bridgehead atoms. The van der Waals surface area contributed by atoms with Crippen molar-refractivity contribution < 1.29 is 0 Å². The summed E-state index contributed by atoms with van der Waals surface area (Å²) in [6.07, 6.45) is 10.0. The molecule has 34 heavy (non-hydrogen) atoms. The maximum atomic E-state index is 2.37. The van der Waals surface area contributed by atoms with Gasteiger partial charge in [0.15, 0.2) is 0 Å². The van der Waals surface area contributed by atoms with Crippen molar-refractivity contribution in [3.8, 4) is 11.1 Å². The first-order chi connectivity index (χ1) is 16.9. The molecule has 0 radical (unpaired) electrons. The molecule has 1 atom stereocenters. The minimum absolute atomic E-state index is 0.400. The third kappa shape index (κ3) is 2.92. The molecule has 0 aromatic heterocycles. The van der Waals surface area contributed by atoms with Crippen molar-refractivity contribution in [3.05, 3.63) is 133 Å². The molecule has 1 unspecified atom stereocenters. The lowest BCUT2D eigenvalue weighted by Gasteiger charge is -2.22. The molecule has 6 aromatic carbocycles. The van der Waals surface area contributed by atoms with E-state index < -0.39 is 0 Å². The van der Waals surface area contributed by atoms with Crippen molar-refractivity contribution in [2.45, 2.75) is 12.3 Å². The zero-order valence-corrected chi connectivity index (χ0v) is 18.9.